The predicted molar refractivity (Wildman–Crippen MR) is 75.0 cm³/mol. The molecule has 0 spiro atoms. The van der Waals surface area contributed by atoms with E-state index in [0.29, 0.717) is 12.8 Å². The van der Waals surface area contributed by atoms with E-state index >= 15 is 0 Å². The fourth-order valence-corrected chi connectivity index (χ4v) is 2.63. The highest BCUT2D eigenvalue weighted by molar-refractivity contribution is 9.10. The van der Waals surface area contributed by atoms with Gasteiger partial charge < -0.3 is 15.3 Å². The second-order valence-electron chi connectivity index (χ2n) is 4.60. The van der Waals surface area contributed by atoms with Crippen LogP contribution in [-0.4, -0.2) is 36.8 Å². The second-order valence-corrected chi connectivity index (χ2v) is 5.52. The van der Waals surface area contributed by atoms with Gasteiger partial charge >= 0.3 is 5.97 Å². The first-order valence-electron chi connectivity index (χ1n) is 6.00. The van der Waals surface area contributed by atoms with Crippen molar-refractivity contribution in [1.82, 2.24) is 5.32 Å². The number of likely N-dealkylation sites (N-methyl/N-ethyl adjacent to an activating group) is 1. The van der Waals surface area contributed by atoms with E-state index < -0.39 is 11.5 Å². The Kier molecular flexibility index (Phi) is 3.92. The van der Waals surface area contributed by atoms with Crippen molar-refractivity contribution in [2.45, 2.75) is 18.4 Å². The third kappa shape index (κ3) is 2.52. The minimum atomic E-state index is -0.758. The molecular weight excluding hydrogens is 296 g/mol. The highest BCUT2D eigenvalue weighted by Crippen LogP contribution is 2.27. The van der Waals surface area contributed by atoms with E-state index in [1.54, 1.807) is 7.05 Å². The number of rotatable bonds is 3. The van der Waals surface area contributed by atoms with Crippen LogP contribution in [0, 0.1) is 0 Å². The molecule has 5 heteroatoms. The average molecular weight is 313 g/mol. The number of carbonyl (C=O) groups is 1. The molecule has 4 nitrogen and oxygen atoms in total. The molecule has 0 aromatic heterocycles. The number of hydrogen-bond donors (Lipinski definition) is 2. The van der Waals surface area contributed by atoms with Crippen molar-refractivity contribution < 1.29 is 9.90 Å². The Hall–Kier alpha value is -1.07. The minimum Gasteiger partial charge on any atom is -0.480 e. The number of hydrogen-bond acceptors (Lipinski definition) is 3. The number of benzene rings is 1. The number of aliphatic carboxylic acids is 1. The Morgan fingerprint density at radius 2 is 1.89 bits per heavy atom. The molecular formula is C13H17BrN2O2. The SMILES string of the molecule is CNC1(C(=O)O)CCN(c2ccc(Br)cc2)CC1. The maximum Gasteiger partial charge on any atom is 0.324 e. The van der Waals surface area contributed by atoms with Gasteiger partial charge in [-0.05, 0) is 44.2 Å². The van der Waals surface area contributed by atoms with Gasteiger partial charge in [0.05, 0.1) is 0 Å². The summed E-state index contributed by atoms with van der Waals surface area (Å²) in [7, 11) is 1.73. The van der Waals surface area contributed by atoms with E-state index in [0.717, 1.165) is 23.2 Å². The second kappa shape index (κ2) is 5.28. The van der Waals surface area contributed by atoms with Gasteiger partial charge in [0.1, 0.15) is 5.54 Å². The fraction of sp³-hybridized carbons (Fsp3) is 0.462. The molecule has 0 amide bonds. The standard InChI is InChI=1S/C13H17BrN2O2/c1-15-13(12(17)18)6-8-16(9-7-13)11-4-2-10(14)3-5-11/h2-5,15H,6-9H2,1H3,(H,17,18). The highest BCUT2D eigenvalue weighted by atomic mass is 79.9. The van der Waals surface area contributed by atoms with E-state index in [2.05, 4.69) is 38.3 Å². The Balaban J connectivity index is 2.06. The first kappa shape index (κ1) is 13.4. The molecule has 1 fully saturated rings. The third-order valence-electron chi connectivity index (χ3n) is 3.70. The molecule has 98 valence electrons. The summed E-state index contributed by atoms with van der Waals surface area (Å²) in [5.41, 5.74) is 0.388. The van der Waals surface area contributed by atoms with Crippen molar-refractivity contribution in [3.63, 3.8) is 0 Å². The number of nitrogens with zero attached hydrogens (tertiary/aromatic N) is 1. The van der Waals surface area contributed by atoms with Gasteiger partial charge in [-0.1, -0.05) is 15.9 Å². The van der Waals surface area contributed by atoms with Crippen LogP contribution in [0.4, 0.5) is 5.69 Å². The van der Waals surface area contributed by atoms with Crippen molar-refractivity contribution in [2.75, 3.05) is 25.0 Å². The van der Waals surface area contributed by atoms with E-state index in [4.69, 9.17) is 0 Å². The summed E-state index contributed by atoms with van der Waals surface area (Å²) in [4.78, 5) is 13.5. The molecule has 0 saturated carbocycles. The molecule has 1 aliphatic rings. The Morgan fingerprint density at radius 1 is 1.33 bits per heavy atom. The zero-order valence-corrected chi connectivity index (χ0v) is 11.9. The summed E-state index contributed by atoms with van der Waals surface area (Å²) in [6.45, 7) is 1.52. The van der Waals surface area contributed by atoms with E-state index in [-0.39, 0.29) is 0 Å². The monoisotopic (exact) mass is 312 g/mol. The lowest BCUT2D eigenvalue weighted by Gasteiger charge is -2.39. The molecule has 2 N–H and O–H groups in total. The first-order chi connectivity index (χ1) is 8.57. The Bertz CT molecular complexity index is 425. The van der Waals surface area contributed by atoms with Crippen LogP contribution in [0.2, 0.25) is 0 Å². The van der Waals surface area contributed by atoms with Crippen LogP contribution in [0.25, 0.3) is 0 Å². The molecule has 1 aromatic carbocycles. The van der Waals surface area contributed by atoms with Gasteiger partial charge in [-0.3, -0.25) is 4.79 Å². The number of carboxylic acid groups (broad SMARTS) is 1. The van der Waals surface area contributed by atoms with Crippen LogP contribution in [0.1, 0.15) is 12.8 Å². The Labute approximate surface area is 115 Å². The molecule has 18 heavy (non-hydrogen) atoms. The molecule has 0 bridgehead atoms. The molecule has 0 aliphatic carbocycles. The topological polar surface area (TPSA) is 52.6 Å². The summed E-state index contributed by atoms with van der Waals surface area (Å²) >= 11 is 3.41. The summed E-state index contributed by atoms with van der Waals surface area (Å²) < 4.78 is 1.05. The van der Waals surface area contributed by atoms with Crippen molar-refractivity contribution in [1.29, 1.82) is 0 Å². The quantitative estimate of drug-likeness (QED) is 0.897. The predicted octanol–water partition coefficient (Wildman–Crippen LogP) is 2.09. The van der Waals surface area contributed by atoms with Gasteiger partial charge in [0, 0.05) is 23.2 Å². The number of piperidine rings is 1. The molecule has 1 aliphatic heterocycles. The summed E-state index contributed by atoms with van der Waals surface area (Å²) in [5.74, 6) is -0.750. The summed E-state index contributed by atoms with van der Waals surface area (Å²) in [6.07, 6.45) is 1.24. The van der Waals surface area contributed by atoms with Crippen molar-refractivity contribution in [2.24, 2.45) is 0 Å². The van der Waals surface area contributed by atoms with E-state index in [9.17, 15) is 9.90 Å². The van der Waals surface area contributed by atoms with Crippen LogP contribution in [0.5, 0.6) is 0 Å². The fourth-order valence-electron chi connectivity index (χ4n) is 2.37. The van der Waals surface area contributed by atoms with Crippen molar-refractivity contribution in [3.05, 3.63) is 28.7 Å². The van der Waals surface area contributed by atoms with Crippen LogP contribution in [0.15, 0.2) is 28.7 Å². The average Bonchev–Trinajstić information content (AvgIpc) is 2.39. The molecule has 2 rings (SSSR count). The van der Waals surface area contributed by atoms with Gasteiger partial charge in [0.25, 0.3) is 0 Å². The Morgan fingerprint density at radius 3 is 2.33 bits per heavy atom. The first-order valence-corrected chi connectivity index (χ1v) is 6.79. The number of halogens is 1. The molecule has 1 aromatic rings. The largest absolute Gasteiger partial charge is 0.480 e. The molecule has 0 radical (unpaired) electrons. The van der Waals surface area contributed by atoms with E-state index in [1.165, 1.54) is 0 Å². The maximum absolute atomic E-state index is 11.3. The van der Waals surface area contributed by atoms with Crippen LogP contribution < -0.4 is 10.2 Å². The van der Waals surface area contributed by atoms with Gasteiger partial charge in [-0.25, -0.2) is 0 Å². The third-order valence-corrected chi connectivity index (χ3v) is 4.23. The summed E-state index contributed by atoms with van der Waals surface area (Å²) in [5, 5.41) is 12.3. The normalized spacial score (nSPS) is 18.7. The minimum absolute atomic E-state index is 0.620. The smallest absolute Gasteiger partial charge is 0.324 e. The van der Waals surface area contributed by atoms with Crippen molar-refractivity contribution in [3.8, 4) is 0 Å². The maximum atomic E-state index is 11.3. The lowest BCUT2D eigenvalue weighted by molar-refractivity contribution is -0.145. The van der Waals surface area contributed by atoms with Crippen LogP contribution in [-0.2, 0) is 4.79 Å². The van der Waals surface area contributed by atoms with Crippen LogP contribution in [0.3, 0.4) is 0 Å². The molecule has 0 unspecified atom stereocenters. The molecule has 1 heterocycles. The zero-order chi connectivity index (χ0) is 13.2. The summed E-state index contributed by atoms with van der Waals surface area (Å²) in [6, 6.07) is 8.12. The van der Waals surface area contributed by atoms with Gasteiger partial charge in [-0.2, -0.15) is 0 Å². The van der Waals surface area contributed by atoms with E-state index in [1.807, 2.05) is 12.1 Å². The lowest BCUT2D eigenvalue weighted by atomic mass is 9.87. The van der Waals surface area contributed by atoms with Gasteiger partial charge in [0.15, 0.2) is 0 Å². The molecule has 0 atom stereocenters. The number of carboxylic acids is 1. The number of anilines is 1. The number of nitrogens with one attached hydrogen (secondary N) is 1. The zero-order valence-electron chi connectivity index (χ0n) is 10.3. The van der Waals surface area contributed by atoms with Crippen molar-refractivity contribution >= 4 is 27.6 Å². The molecule has 1 saturated heterocycles. The highest BCUT2D eigenvalue weighted by Gasteiger charge is 2.40. The van der Waals surface area contributed by atoms with Crippen LogP contribution >= 0.6 is 15.9 Å². The lowest BCUT2D eigenvalue weighted by Crippen LogP contribution is -2.57. The van der Waals surface area contributed by atoms with Gasteiger partial charge in [-0.15, -0.1) is 0 Å². The van der Waals surface area contributed by atoms with Gasteiger partial charge in [0.2, 0.25) is 0 Å².